The van der Waals surface area contributed by atoms with E-state index in [4.69, 9.17) is 5.41 Å². The lowest BCUT2D eigenvalue weighted by Gasteiger charge is -2.39. The third-order valence-corrected chi connectivity index (χ3v) is 6.34. The maximum Gasteiger partial charge on any atom is 0.255 e. The van der Waals surface area contributed by atoms with Crippen LogP contribution in [0.25, 0.3) is 0 Å². The molecule has 0 bridgehead atoms. The van der Waals surface area contributed by atoms with Gasteiger partial charge in [0.05, 0.1) is 0 Å². The molecule has 0 aromatic heterocycles. The van der Waals surface area contributed by atoms with Gasteiger partial charge in [-0.1, -0.05) is 51.4 Å². The van der Waals surface area contributed by atoms with Crippen molar-refractivity contribution in [1.82, 2.24) is 10.2 Å². The van der Waals surface area contributed by atoms with Crippen LogP contribution in [0.3, 0.4) is 0 Å². The Balaban J connectivity index is 1.73. The van der Waals surface area contributed by atoms with Gasteiger partial charge in [0, 0.05) is 7.05 Å². The minimum absolute atomic E-state index is 0.153. The van der Waals surface area contributed by atoms with Crippen LogP contribution in [0, 0.1) is 17.2 Å². The molecule has 3 fully saturated rings. The smallest absolute Gasteiger partial charge is 0.255 e. The molecule has 2 saturated carbocycles. The lowest BCUT2D eigenvalue weighted by atomic mass is 9.70. The van der Waals surface area contributed by atoms with Crippen molar-refractivity contribution in [2.45, 2.75) is 82.6 Å². The molecule has 1 aliphatic heterocycles. The first kappa shape index (κ1) is 15.8. The molecule has 0 aromatic carbocycles. The number of hydrogen-bond acceptors (Lipinski definition) is 2. The predicted molar refractivity (Wildman–Crippen MR) is 88.7 cm³/mol. The first-order valence-electron chi connectivity index (χ1n) is 9.28. The Morgan fingerprint density at radius 2 is 1.68 bits per heavy atom. The quantitative estimate of drug-likeness (QED) is 0.832. The Hall–Kier alpha value is -1.06. The molecule has 3 aliphatic rings. The van der Waals surface area contributed by atoms with E-state index in [-0.39, 0.29) is 5.91 Å². The van der Waals surface area contributed by atoms with Crippen molar-refractivity contribution in [3.8, 4) is 0 Å². The summed E-state index contributed by atoms with van der Waals surface area (Å²) in [6, 6.07) is 0. The van der Waals surface area contributed by atoms with Gasteiger partial charge in [0.1, 0.15) is 5.54 Å². The highest BCUT2D eigenvalue weighted by atomic mass is 16.2. The molecule has 2 aliphatic carbocycles. The second-order valence-corrected chi connectivity index (χ2v) is 7.69. The van der Waals surface area contributed by atoms with Crippen LogP contribution < -0.4 is 5.32 Å². The summed E-state index contributed by atoms with van der Waals surface area (Å²) >= 11 is 0. The van der Waals surface area contributed by atoms with E-state index in [0.29, 0.717) is 11.9 Å². The van der Waals surface area contributed by atoms with Crippen molar-refractivity contribution in [3.63, 3.8) is 0 Å². The van der Waals surface area contributed by atoms with Gasteiger partial charge >= 0.3 is 0 Å². The van der Waals surface area contributed by atoms with Gasteiger partial charge in [-0.3, -0.25) is 15.1 Å². The molecule has 4 heteroatoms. The Bertz CT molecular complexity index is 424. The van der Waals surface area contributed by atoms with Crippen LogP contribution in [0.1, 0.15) is 77.0 Å². The Morgan fingerprint density at radius 1 is 1.09 bits per heavy atom. The maximum atomic E-state index is 12.9. The van der Waals surface area contributed by atoms with E-state index >= 15 is 0 Å². The lowest BCUT2D eigenvalue weighted by molar-refractivity contribution is -0.133. The molecule has 22 heavy (non-hydrogen) atoms. The Labute approximate surface area is 134 Å². The molecule has 0 radical (unpaired) electrons. The second kappa shape index (κ2) is 6.59. The van der Waals surface area contributed by atoms with Gasteiger partial charge in [0.25, 0.3) is 5.91 Å². The monoisotopic (exact) mass is 305 g/mol. The van der Waals surface area contributed by atoms with Crippen LogP contribution >= 0.6 is 0 Å². The minimum atomic E-state index is -0.469. The van der Waals surface area contributed by atoms with Gasteiger partial charge in [0.2, 0.25) is 0 Å². The fourth-order valence-corrected chi connectivity index (χ4v) is 4.90. The van der Waals surface area contributed by atoms with Gasteiger partial charge in [-0.2, -0.15) is 0 Å². The van der Waals surface area contributed by atoms with Gasteiger partial charge in [-0.05, 0) is 37.5 Å². The number of nitrogens with one attached hydrogen (secondary N) is 2. The van der Waals surface area contributed by atoms with Gasteiger partial charge in [-0.15, -0.1) is 0 Å². The van der Waals surface area contributed by atoms with Gasteiger partial charge in [0.15, 0.2) is 5.96 Å². The molecule has 1 amide bonds. The molecular formula is C18H31N3O. The van der Waals surface area contributed by atoms with Gasteiger partial charge < -0.3 is 5.32 Å². The molecule has 0 aromatic rings. The number of hydrogen-bond donors (Lipinski definition) is 2. The molecule has 2 N–H and O–H groups in total. The number of guanidine groups is 1. The number of carbonyl (C=O) groups excluding carboxylic acids is 1. The average Bonchev–Trinajstić information content (AvgIpc) is 2.80. The molecule has 0 spiro atoms. The summed E-state index contributed by atoms with van der Waals surface area (Å²) in [5, 5.41) is 11.4. The molecule has 1 unspecified atom stereocenters. The van der Waals surface area contributed by atoms with Crippen LogP contribution in [0.5, 0.6) is 0 Å². The van der Waals surface area contributed by atoms with E-state index in [2.05, 4.69) is 5.32 Å². The largest absolute Gasteiger partial charge is 0.341 e. The summed E-state index contributed by atoms with van der Waals surface area (Å²) in [6.45, 7) is 0. The van der Waals surface area contributed by atoms with Crippen molar-refractivity contribution >= 4 is 11.9 Å². The zero-order chi connectivity index (χ0) is 15.6. The second-order valence-electron chi connectivity index (χ2n) is 7.69. The van der Waals surface area contributed by atoms with E-state index < -0.39 is 5.54 Å². The molecule has 1 atom stereocenters. The van der Waals surface area contributed by atoms with Crippen molar-refractivity contribution in [2.24, 2.45) is 11.8 Å². The molecule has 124 valence electrons. The summed E-state index contributed by atoms with van der Waals surface area (Å²) in [6.07, 6.45) is 14.9. The highest BCUT2D eigenvalue weighted by molar-refractivity contribution is 6.07. The third kappa shape index (κ3) is 2.89. The first-order valence-corrected chi connectivity index (χ1v) is 9.28. The summed E-state index contributed by atoms with van der Waals surface area (Å²) in [7, 11) is 1.75. The van der Waals surface area contributed by atoms with E-state index in [0.717, 1.165) is 31.6 Å². The summed E-state index contributed by atoms with van der Waals surface area (Å²) in [5.41, 5.74) is -0.469. The van der Waals surface area contributed by atoms with E-state index in [1.54, 1.807) is 7.05 Å². The molecule has 3 rings (SSSR count). The number of rotatable bonds is 4. The number of amides is 1. The molecule has 1 saturated heterocycles. The van der Waals surface area contributed by atoms with Crippen molar-refractivity contribution in [2.75, 3.05) is 7.05 Å². The zero-order valence-corrected chi connectivity index (χ0v) is 14.0. The highest BCUT2D eigenvalue weighted by Crippen LogP contribution is 2.41. The Kier molecular flexibility index (Phi) is 4.74. The summed E-state index contributed by atoms with van der Waals surface area (Å²) in [5.74, 6) is 1.67. The van der Waals surface area contributed by atoms with Crippen LogP contribution in [-0.2, 0) is 4.79 Å². The fourth-order valence-electron chi connectivity index (χ4n) is 4.90. The lowest BCUT2D eigenvalue weighted by Crippen LogP contribution is -2.54. The van der Waals surface area contributed by atoms with Crippen molar-refractivity contribution < 1.29 is 4.79 Å². The minimum Gasteiger partial charge on any atom is -0.341 e. The maximum absolute atomic E-state index is 12.9. The first-order chi connectivity index (χ1) is 10.6. The average molecular weight is 305 g/mol. The topological polar surface area (TPSA) is 56.2 Å². The highest BCUT2D eigenvalue weighted by Gasteiger charge is 2.52. The predicted octanol–water partition coefficient (Wildman–Crippen LogP) is 3.66. The number of carbonyl (C=O) groups is 1. The normalized spacial score (nSPS) is 31.6. The zero-order valence-electron chi connectivity index (χ0n) is 14.0. The standard InChI is InChI=1S/C18H31N3O/c1-21-16(22)18(20-17(21)19,15-10-6-3-7-11-15)13-12-14-8-4-2-5-9-14/h14-15H,2-13H2,1H3,(H2,19,20). The molecule has 1 heterocycles. The van der Waals surface area contributed by atoms with Crippen molar-refractivity contribution in [3.05, 3.63) is 0 Å². The third-order valence-electron chi connectivity index (χ3n) is 6.34. The van der Waals surface area contributed by atoms with Crippen molar-refractivity contribution in [1.29, 1.82) is 5.41 Å². The van der Waals surface area contributed by atoms with E-state index in [1.807, 2.05) is 0 Å². The van der Waals surface area contributed by atoms with E-state index in [1.165, 1.54) is 56.3 Å². The van der Waals surface area contributed by atoms with Crippen LogP contribution in [-0.4, -0.2) is 29.4 Å². The summed E-state index contributed by atoms with van der Waals surface area (Å²) < 4.78 is 0. The SMILES string of the molecule is CN1C(=N)NC(CCC2CCCCC2)(C2CCCCC2)C1=O. The number of nitrogens with zero attached hydrogens (tertiary/aromatic N) is 1. The van der Waals surface area contributed by atoms with Crippen LogP contribution in [0.2, 0.25) is 0 Å². The fraction of sp³-hybridized carbons (Fsp3) is 0.889. The van der Waals surface area contributed by atoms with Crippen LogP contribution in [0.15, 0.2) is 0 Å². The molecular weight excluding hydrogens is 274 g/mol. The number of likely N-dealkylation sites (N-methyl/N-ethyl adjacent to an activating group) is 1. The van der Waals surface area contributed by atoms with E-state index in [9.17, 15) is 4.79 Å². The van der Waals surface area contributed by atoms with Gasteiger partial charge in [-0.25, -0.2) is 0 Å². The van der Waals surface area contributed by atoms with Crippen LogP contribution in [0.4, 0.5) is 0 Å². The Morgan fingerprint density at radius 3 is 2.23 bits per heavy atom. The molecule has 4 nitrogen and oxygen atoms in total. The summed E-state index contributed by atoms with van der Waals surface area (Å²) in [4.78, 5) is 14.5.